The van der Waals surface area contributed by atoms with Gasteiger partial charge in [0.2, 0.25) is 0 Å². The molecule has 10 saturated heterocycles. The second-order valence-corrected chi connectivity index (χ2v) is 40.1. The van der Waals surface area contributed by atoms with E-state index < -0.39 is 6.51 Å². The fourth-order valence-electron chi connectivity index (χ4n) is 21.2. The average molecular weight is 529 g/mol. The van der Waals surface area contributed by atoms with E-state index in [4.69, 9.17) is 0 Å². The van der Waals surface area contributed by atoms with Crippen molar-refractivity contribution in [1.29, 1.82) is 0 Å². The second-order valence-electron chi connectivity index (χ2n) is 16.9. The monoisotopic (exact) mass is 528 g/mol. The summed E-state index contributed by atoms with van der Waals surface area (Å²) in [7, 11) is 0. The van der Waals surface area contributed by atoms with Crippen LogP contribution in [0.2, 0.25) is 47.2 Å². The van der Waals surface area contributed by atoms with Crippen molar-refractivity contribution in [1.82, 2.24) is 0 Å². The van der Waals surface area contributed by atoms with Gasteiger partial charge in [-0.05, 0) is 0 Å². The van der Waals surface area contributed by atoms with Gasteiger partial charge in [-0.15, -0.1) is 0 Å². The normalized spacial score (nSPS) is 64.4. The number of benzene rings is 1. The molecule has 0 aromatic heterocycles. The van der Waals surface area contributed by atoms with Crippen LogP contribution in [0.5, 0.6) is 0 Å². The zero-order valence-corrected chi connectivity index (χ0v) is 23.2. The Hall–Kier alpha value is -0.921. The molecule has 1 aromatic carbocycles. The Labute approximate surface area is 207 Å². The van der Waals surface area contributed by atoms with Gasteiger partial charge >= 0.3 is 175 Å². The van der Waals surface area contributed by atoms with Crippen molar-refractivity contribution < 1.29 is 16.1 Å². The van der Waals surface area contributed by atoms with Crippen molar-refractivity contribution in [3.05, 3.63) is 35.9 Å². The first-order valence-electron chi connectivity index (χ1n) is 15.8. The van der Waals surface area contributed by atoms with Gasteiger partial charge in [-0.3, -0.25) is 0 Å². The fraction of sp³-hybridized carbons (Fsp3) is 0.758. The predicted molar refractivity (Wildman–Crippen MR) is 141 cm³/mol. The molecule has 36 heavy (non-hydrogen) atoms. The number of hydrogen-bond acceptors (Lipinski definition) is 2. The van der Waals surface area contributed by atoms with E-state index in [2.05, 4.69) is 19.1 Å². The first-order valence-corrected chi connectivity index (χ1v) is 22.0. The van der Waals surface area contributed by atoms with Crippen LogP contribution in [-0.2, 0) is 11.3 Å². The molecule has 196 valence electrons. The second kappa shape index (κ2) is 3.19. The molecule has 8 atom stereocenters. The summed E-state index contributed by atoms with van der Waals surface area (Å²) in [5.74, 6) is 1.29. The summed E-state index contributed by atoms with van der Waals surface area (Å²) in [5.41, 5.74) is 0.990. The summed E-state index contributed by atoms with van der Waals surface area (Å²) in [4.78, 5) is 35.7. The van der Waals surface area contributed by atoms with Gasteiger partial charge in [0.05, 0.1) is 0 Å². The van der Waals surface area contributed by atoms with E-state index in [9.17, 15) is 9.59 Å². The van der Waals surface area contributed by atoms with Gasteiger partial charge in [0.1, 0.15) is 0 Å². The van der Waals surface area contributed by atoms with Crippen LogP contribution in [0.3, 0.4) is 0 Å². The molecule has 1 spiro atoms. The van der Waals surface area contributed by atoms with E-state index in [-0.39, 0.29) is 8.63 Å². The Balaban J connectivity index is 0.741. The van der Waals surface area contributed by atoms with Crippen LogP contribution in [0.1, 0.15) is 107 Å². The molecule has 1 aromatic rings. The number of carbonyl (C=O) groups excluding carboxylic acids is 2. The predicted octanol–water partition coefficient (Wildman–Crippen LogP) is 10.0. The molecule has 2 nitrogen and oxygen atoms in total. The summed E-state index contributed by atoms with van der Waals surface area (Å²) in [5, 5.41) is 0. The van der Waals surface area contributed by atoms with Crippen LogP contribution in [0.4, 0.5) is 0 Å². The topological polar surface area (TPSA) is 34.1 Å². The van der Waals surface area contributed by atoms with Gasteiger partial charge in [0.25, 0.3) is 0 Å². The van der Waals surface area contributed by atoms with Crippen LogP contribution in [-0.4, -0.2) is 11.6 Å². The number of fused-ring (bicyclic) bond motifs is 10. The zero-order chi connectivity index (χ0) is 24.1. The molecule has 0 bridgehead atoms. The molecular formula is C33H44FeO2. The Kier molecular flexibility index (Phi) is 1.78. The van der Waals surface area contributed by atoms with Crippen LogP contribution in [0, 0.1) is 0 Å². The first kappa shape index (κ1) is 20.0. The fourth-order valence-corrected chi connectivity index (χ4v) is 96.9. The van der Waals surface area contributed by atoms with Crippen molar-refractivity contribution in [2.75, 3.05) is 0 Å². The molecule has 0 N–H and O–H groups in total. The van der Waals surface area contributed by atoms with E-state index >= 15 is 0 Å². The number of hydrogen-bond donors (Lipinski definition) is 0. The molecule has 0 saturated carbocycles. The van der Waals surface area contributed by atoms with Gasteiger partial charge in [-0.25, -0.2) is 0 Å². The molecule has 3 heteroatoms. The van der Waals surface area contributed by atoms with Gasteiger partial charge < -0.3 is 0 Å². The van der Waals surface area contributed by atoms with Gasteiger partial charge in [0, 0.05) is 0 Å². The Morgan fingerprint density at radius 2 is 1.08 bits per heavy atom. The Morgan fingerprint density at radius 3 is 1.56 bits per heavy atom. The summed E-state index contributed by atoms with van der Waals surface area (Å²) in [6.45, 7) is -1.72. The van der Waals surface area contributed by atoms with E-state index in [0.29, 0.717) is 5.78 Å². The van der Waals surface area contributed by atoms with Crippen LogP contribution in [0.15, 0.2) is 30.3 Å². The number of ketones is 2. The maximum absolute atomic E-state index is 14.2. The standard InChI is InChI=1S/C21H35O.C12H9O.Fe/c1-2-3-4-5-6-7-8-9-10-11-12-13-14-19-21(22)20-17-15-16-18-20;13-12(11-8-4-5-9-11)10-6-2-1-3-7-10;/h15-18H,2-14,19H2,1H3;1-9H;. The molecule has 11 rings (SSSR count). The molecule has 0 radical (unpaired) electrons. The number of rotatable bonds is 17. The first-order chi connectivity index (χ1) is 17.4. The van der Waals surface area contributed by atoms with Crippen LogP contribution >= 0.6 is 0 Å². The van der Waals surface area contributed by atoms with Gasteiger partial charge in [-0.1, -0.05) is 32.6 Å². The molecule has 0 amide bonds. The van der Waals surface area contributed by atoms with E-state index in [1.165, 1.54) is 77.0 Å². The summed E-state index contributed by atoms with van der Waals surface area (Å²) >= 11 is 0. The van der Waals surface area contributed by atoms with E-state index in [0.717, 1.165) is 62.7 Å². The molecule has 10 fully saturated rings. The molecule has 10 heterocycles. The van der Waals surface area contributed by atoms with Gasteiger partial charge in [0.15, 0.2) is 0 Å². The SMILES string of the molecule is CCCCCCCCCCCCCCCC(=O)[C]12[CH]3[CH]4[CH]5[CH]1[Fe]45321678[CH]2[CH]1[CH]6[C]7(C(=O)c1ccccc1)[CH]28. The molecule has 10 aliphatic heterocycles. The Morgan fingerprint density at radius 1 is 0.639 bits per heavy atom. The third-order valence-corrected chi connectivity index (χ3v) is 62.8. The minimum absolute atomic E-state index is 0.126. The number of Topliss-reactive ketones (excluding diaryl/α,β-unsaturated/α-hetero) is 2. The van der Waals surface area contributed by atoms with Crippen molar-refractivity contribution in [3.63, 3.8) is 0 Å². The van der Waals surface area contributed by atoms with Crippen molar-refractivity contribution >= 4 is 11.6 Å². The average Bonchev–Trinajstić information content (AvgIpc) is 3.85. The summed E-state index contributed by atoms with van der Waals surface area (Å²) in [6.07, 6.45) is 18.6. The van der Waals surface area contributed by atoms with Crippen molar-refractivity contribution in [2.24, 2.45) is 0 Å². The maximum atomic E-state index is 14.2. The Bertz CT molecular complexity index is 1600. The number of carbonyl (C=O) groups is 2. The van der Waals surface area contributed by atoms with E-state index in [1.807, 2.05) is 18.2 Å². The molecule has 8 unspecified atom stereocenters. The van der Waals surface area contributed by atoms with Crippen LogP contribution < -0.4 is 0 Å². The van der Waals surface area contributed by atoms with Crippen molar-refractivity contribution in [2.45, 2.75) is 144 Å². The van der Waals surface area contributed by atoms with Gasteiger partial charge in [-0.2, -0.15) is 0 Å². The number of unbranched alkanes of at least 4 members (excludes halogenated alkanes) is 12. The molecule has 10 aliphatic rings. The summed E-state index contributed by atoms with van der Waals surface area (Å²) in [6, 6.07) is 10.3. The third kappa shape index (κ3) is 0.488. The minimum atomic E-state index is -4.01. The van der Waals surface area contributed by atoms with Crippen LogP contribution in [0.25, 0.3) is 0 Å². The van der Waals surface area contributed by atoms with E-state index in [1.54, 1.807) is 0 Å². The molecule has 0 aliphatic carbocycles. The molecular weight excluding hydrogens is 484 g/mol. The third-order valence-electron chi connectivity index (χ3n) is 20.1. The zero-order valence-electron chi connectivity index (χ0n) is 22.1. The summed E-state index contributed by atoms with van der Waals surface area (Å²) < 4.78 is 0.331. The van der Waals surface area contributed by atoms with Crippen molar-refractivity contribution in [3.8, 4) is 0 Å². The quantitative estimate of drug-likeness (QED) is 0.115.